The third kappa shape index (κ3) is 5.34. The average molecular weight is 435 g/mol. The summed E-state index contributed by atoms with van der Waals surface area (Å²) in [6.45, 7) is 3.11. The fraction of sp³-hybridized carbons (Fsp3) is 0.385. The molecule has 162 valence electrons. The molecule has 0 bridgehead atoms. The predicted molar refractivity (Wildman–Crippen MR) is 129 cm³/mol. The Morgan fingerprint density at radius 1 is 0.968 bits per heavy atom. The van der Waals surface area contributed by atoms with Gasteiger partial charge >= 0.3 is 0 Å². The Hall–Kier alpha value is -2.66. The number of carbonyl (C=O) groups excluding carboxylic acids is 1. The summed E-state index contributed by atoms with van der Waals surface area (Å²) in [6.07, 6.45) is 8.63. The molecule has 4 rings (SSSR count). The van der Waals surface area contributed by atoms with Crippen LogP contribution in [0.3, 0.4) is 0 Å². The molecule has 31 heavy (non-hydrogen) atoms. The maximum Gasteiger partial charge on any atom is 0.265 e. The van der Waals surface area contributed by atoms with E-state index in [1.165, 1.54) is 32.1 Å². The van der Waals surface area contributed by atoms with Crippen LogP contribution in [-0.2, 0) is 4.79 Å². The van der Waals surface area contributed by atoms with Crippen LogP contribution < -0.4 is 9.64 Å². The molecule has 5 heteroatoms. The summed E-state index contributed by atoms with van der Waals surface area (Å²) >= 11 is 1.64. The van der Waals surface area contributed by atoms with Crippen molar-refractivity contribution < 1.29 is 9.53 Å². The van der Waals surface area contributed by atoms with E-state index >= 15 is 0 Å². The van der Waals surface area contributed by atoms with Crippen LogP contribution in [0.2, 0.25) is 0 Å². The van der Waals surface area contributed by atoms with Gasteiger partial charge < -0.3 is 9.64 Å². The first-order chi connectivity index (χ1) is 15.3. The van der Waals surface area contributed by atoms with Crippen molar-refractivity contribution in [1.29, 1.82) is 0 Å². The molecule has 0 saturated carbocycles. The Morgan fingerprint density at radius 2 is 1.74 bits per heavy atom. The highest BCUT2D eigenvalue weighted by Gasteiger charge is 2.25. The van der Waals surface area contributed by atoms with Gasteiger partial charge in [-0.2, -0.15) is 0 Å². The van der Waals surface area contributed by atoms with Gasteiger partial charge in [0.25, 0.3) is 5.91 Å². The summed E-state index contributed by atoms with van der Waals surface area (Å²) in [7, 11) is 0. The van der Waals surface area contributed by atoms with Crippen LogP contribution in [0.15, 0.2) is 53.9 Å². The zero-order valence-electron chi connectivity index (χ0n) is 18.2. The Labute approximate surface area is 188 Å². The lowest BCUT2D eigenvalue weighted by Crippen LogP contribution is -2.39. The van der Waals surface area contributed by atoms with Crippen molar-refractivity contribution in [1.82, 2.24) is 4.98 Å². The highest BCUT2D eigenvalue weighted by Crippen LogP contribution is 2.37. The Balaban J connectivity index is 1.46. The molecule has 1 aliphatic rings. The van der Waals surface area contributed by atoms with E-state index in [4.69, 9.17) is 9.72 Å². The van der Waals surface area contributed by atoms with E-state index in [0.29, 0.717) is 0 Å². The molecular weight excluding hydrogens is 404 g/mol. The predicted octanol–water partition coefficient (Wildman–Crippen LogP) is 6.95. The fourth-order valence-electron chi connectivity index (χ4n) is 3.95. The molecule has 3 aromatic rings. The molecule has 0 fully saturated rings. The summed E-state index contributed by atoms with van der Waals surface area (Å²) in [6, 6.07) is 16.3. The van der Waals surface area contributed by atoms with Gasteiger partial charge in [-0.3, -0.25) is 4.79 Å². The quantitative estimate of drug-likeness (QED) is 0.324. The van der Waals surface area contributed by atoms with E-state index in [1.807, 2.05) is 35.2 Å². The number of hydrogen-bond donors (Lipinski definition) is 0. The van der Waals surface area contributed by atoms with E-state index in [9.17, 15) is 4.79 Å². The molecule has 0 atom stereocenters. The highest BCUT2D eigenvalue weighted by molar-refractivity contribution is 7.13. The van der Waals surface area contributed by atoms with Gasteiger partial charge in [0.2, 0.25) is 0 Å². The Kier molecular flexibility index (Phi) is 7.36. The number of hydrogen-bond acceptors (Lipinski definition) is 4. The van der Waals surface area contributed by atoms with Crippen molar-refractivity contribution in [2.24, 2.45) is 0 Å². The normalized spacial score (nSPS) is 13.2. The number of thiazole rings is 1. The van der Waals surface area contributed by atoms with Crippen molar-refractivity contribution in [3.05, 3.63) is 53.9 Å². The highest BCUT2D eigenvalue weighted by atomic mass is 32.1. The summed E-state index contributed by atoms with van der Waals surface area (Å²) in [5, 5.41) is 3.08. The molecule has 0 saturated heterocycles. The van der Waals surface area contributed by atoms with Crippen molar-refractivity contribution in [3.63, 3.8) is 0 Å². The number of anilines is 1. The first-order valence-corrected chi connectivity index (χ1v) is 12.2. The number of nitrogens with zero attached hydrogens (tertiary/aromatic N) is 2. The molecule has 1 aromatic heterocycles. The topological polar surface area (TPSA) is 42.4 Å². The van der Waals surface area contributed by atoms with Gasteiger partial charge in [0, 0.05) is 23.1 Å². The molecule has 4 nitrogen and oxygen atoms in total. The van der Waals surface area contributed by atoms with Crippen LogP contribution in [0.5, 0.6) is 5.75 Å². The lowest BCUT2D eigenvalue weighted by atomic mass is 10.1. The molecule has 0 radical (unpaired) electrons. The second-order valence-electron chi connectivity index (χ2n) is 8.04. The van der Waals surface area contributed by atoms with Crippen LogP contribution in [0.25, 0.3) is 21.8 Å². The van der Waals surface area contributed by atoms with Crippen molar-refractivity contribution in [2.75, 3.05) is 18.1 Å². The van der Waals surface area contributed by atoms with E-state index in [1.54, 1.807) is 11.3 Å². The minimum Gasteiger partial charge on any atom is -0.482 e. The summed E-state index contributed by atoms with van der Waals surface area (Å²) < 4.78 is 5.69. The molecule has 1 amide bonds. The smallest absolute Gasteiger partial charge is 0.265 e. The Bertz CT molecular complexity index is 1000. The van der Waals surface area contributed by atoms with Crippen LogP contribution in [0.4, 0.5) is 5.69 Å². The molecule has 0 N–H and O–H groups in total. The lowest BCUT2D eigenvalue weighted by Gasteiger charge is -2.29. The first kappa shape index (κ1) is 21.6. The van der Waals surface area contributed by atoms with Crippen LogP contribution in [0.1, 0.15) is 51.9 Å². The molecule has 0 aliphatic carbocycles. The first-order valence-electron chi connectivity index (χ1n) is 11.3. The maximum atomic E-state index is 12.6. The maximum absolute atomic E-state index is 12.6. The van der Waals surface area contributed by atoms with Crippen LogP contribution >= 0.6 is 11.3 Å². The standard InChI is InChI=1S/C26H30N2O2S/c1-2-3-4-5-6-7-11-16-28-23-17-21(14-15-24(23)30-18-25(28)29)22-19-31-26(27-22)20-12-9-8-10-13-20/h8-10,12-15,17,19H,2-7,11,16,18H2,1H3. The van der Waals surface area contributed by atoms with Gasteiger partial charge in [0.05, 0.1) is 11.4 Å². The third-order valence-corrected chi connectivity index (χ3v) is 6.60. The lowest BCUT2D eigenvalue weighted by molar-refractivity contribution is -0.121. The second kappa shape index (κ2) is 10.6. The molecule has 2 aromatic carbocycles. The van der Waals surface area contributed by atoms with Gasteiger partial charge in [0.1, 0.15) is 10.8 Å². The summed E-state index contributed by atoms with van der Waals surface area (Å²) in [4.78, 5) is 19.3. The number of unbranched alkanes of at least 4 members (excludes halogenated alkanes) is 6. The molecule has 0 unspecified atom stereocenters. The number of rotatable bonds is 10. The average Bonchev–Trinajstić information content (AvgIpc) is 3.30. The van der Waals surface area contributed by atoms with Gasteiger partial charge in [-0.1, -0.05) is 75.8 Å². The van der Waals surface area contributed by atoms with Gasteiger partial charge in [0.15, 0.2) is 6.61 Å². The molecule has 1 aliphatic heterocycles. The third-order valence-electron chi connectivity index (χ3n) is 5.71. The van der Waals surface area contributed by atoms with Crippen molar-refractivity contribution in [2.45, 2.75) is 51.9 Å². The van der Waals surface area contributed by atoms with Gasteiger partial charge in [-0.25, -0.2) is 4.98 Å². The summed E-state index contributed by atoms with van der Waals surface area (Å²) in [5.74, 6) is 0.823. The largest absolute Gasteiger partial charge is 0.482 e. The van der Waals surface area contributed by atoms with E-state index in [0.717, 1.165) is 52.7 Å². The number of aromatic nitrogens is 1. The van der Waals surface area contributed by atoms with Gasteiger partial charge in [-0.15, -0.1) is 11.3 Å². The SMILES string of the molecule is CCCCCCCCCN1C(=O)COc2ccc(-c3csc(-c4ccccc4)n3)cc21. The number of ether oxygens (including phenoxy) is 1. The van der Waals surface area contributed by atoms with E-state index < -0.39 is 0 Å². The van der Waals surface area contributed by atoms with E-state index in [2.05, 4.69) is 30.5 Å². The van der Waals surface area contributed by atoms with E-state index in [-0.39, 0.29) is 12.5 Å². The van der Waals surface area contributed by atoms with Crippen molar-refractivity contribution in [3.8, 4) is 27.6 Å². The Morgan fingerprint density at radius 3 is 2.55 bits per heavy atom. The zero-order valence-corrected chi connectivity index (χ0v) is 19.0. The second-order valence-corrected chi connectivity index (χ2v) is 8.90. The van der Waals surface area contributed by atoms with Crippen LogP contribution in [0, 0.1) is 0 Å². The monoisotopic (exact) mass is 434 g/mol. The number of carbonyl (C=O) groups is 1. The number of fused-ring (bicyclic) bond motifs is 1. The minimum absolute atomic E-state index is 0.0406. The van der Waals surface area contributed by atoms with Gasteiger partial charge in [-0.05, 0) is 24.6 Å². The summed E-state index contributed by atoms with van der Waals surface area (Å²) in [5.41, 5.74) is 3.94. The number of amides is 1. The minimum atomic E-state index is 0.0406. The fourth-order valence-corrected chi connectivity index (χ4v) is 4.79. The zero-order chi connectivity index (χ0) is 21.5. The number of benzene rings is 2. The van der Waals surface area contributed by atoms with Crippen molar-refractivity contribution >= 4 is 22.9 Å². The molecule has 2 heterocycles. The molecular formula is C26H30N2O2S. The molecule has 0 spiro atoms. The van der Waals surface area contributed by atoms with Crippen LogP contribution in [-0.4, -0.2) is 24.0 Å².